The largest absolute Gasteiger partial charge is 0.282 e. The zero-order chi connectivity index (χ0) is 13.6. The Labute approximate surface area is 121 Å². The molecule has 0 aromatic carbocycles. The van der Waals surface area contributed by atoms with Gasteiger partial charge >= 0.3 is 0 Å². The van der Waals surface area contributed by atoms with Gasteiger partial charge in [-0.05, 0) is 45.4 Å². The van der Waals surface area contributed by atoms with Crippen LogP contribution in [0.15, 0.2) is 0 Å². The van der Waals surface area contributed by atoms with Gasteiger partial charge in [-0.25, -0.2) is 0 Å². The summed E-state index contributed by atoms with van der Waals surface area (Å²) in [6, 6.07) is 0.424. The third-order valence-electron chi connectivity index (χ3n) is 4.91. The van der Waals surface area contributed by atoms with E-state index in [4.69, 9.17) is 11.6 Å². The molecule has 0 N–H and O–H groups in total. The van der Waals surface area contributed by atoms with E-state index in [1.807, 2.05) is 6.92 Å². The molecule has 110 valence electrons. The molecule has 0 amide bonds. The molecular weight excluding hydrogens is 284 g/mol. The Bertz CT molecular complexity index is 428. The second-order valence-electron chi connectivity index (χ2n) is 6.25. The van der Waals surface area contributed by atoms with Crippen molar-refractivity contribution in [3.8, 4) is 0 Å². The SMILES string of the molecule is CC1CCCCN1S(=O)(=O)N1C2CCC1CC(Cl)C2. The molecule has 3 unspecified atom stereocenters. The second kappa shape index (κ2) is 5.17. The summed E-state index contributed by atoms with van der Waals surface area (Å²) in [5, 5.41) is 0.155. The molecule has 0 aromatic heterocycles. The Hall–Kier alpha value is 0.160. The van der Waals surface area contributed by atoms with Crippen molar-refractivity contribution in [1.82, 2.24) is 8.61 Å². The molecule has 0 aliphatic carbocycles. The molecule has 3 heterocycles. The van der Waals surface area contributed by atoms with Crippen LogP contribution in [0.5, 0.6) is 0 Å². The fourth-order valence-corrected chi connectivity index (χ4v) is 6.69. The van der Waals surface area contributed by atoms with Crippen molar-refractivity contribution < 1.29 is 8.42 Å². The third kappa shape index (κ3) is 2.43. The maximum Gasteiger partial charge on any atom is 0.282 e. The highest BCUT2D eigenvalue weighted by molar-refractivity contribution is 7.86. The van der Waals surface area contributed by atoms with Crippen molar-refractivity contribution >= 4 is 21.8 Å². The van der Waals surface area contributed by atoms with Crippen LogP contribution in [-0.2, 0) is 10.2 Å². The molecule has 3 rings (SSSR count). The Kier molecular flexibility index (Phi) is 3.84. The predicted octanol–water partition coefficient (Wildman–Crippen LogP) is 2.34. The number of halogens is 1. The lowest BCUT2D eigenvalue weighted by Crippen LogP contribution is -2.55. The first-order valence-electron chi connectivity index (χ1n) is 7.44. The zero-order valence-electron chi connectivity index (χ0n) is 11.5. The van der Waals surface area contributed by atoms with E-state index in [0.717, 1.165) is 44.9 Å². The summed E-state index contributed by atoms with van der Waals surface area (Å²) >= 11 is 6.24. The van der Waals surface area contributed by atoms with Crippen LogP contribution in [-0.4, -0.2) is 47.1 Å². The van der Waals surface area contributed by atoms with Crippen molar-refractivity contribution in [2.24, 2.45) is 0 Å². The van der Waals surface area contributed by atoms with Gasteiger partial charge in [0.15, 0.2) is 0 Å². The Balaban J connectivity index is 1.84. The summed E-state index contributed by atoms with van der Waals surface area (Å²) in [4.78, 5) is 0. The molecular formula is C13H23ClN2O2S. The first kappa shape index (κ1) is 14.1. The molecule has 4 nitrogen and oxygen atoms in total. The fraction of sp³-hybridized carbons (Fsp3) is 1.00. The van der Waals surface area contributed by atoms with Crippen molar-refractivity contribution in [1.29, 1.82) is 0 Å². The third-order valence-corrected chi connectivity index (χ3v) is 7.53. The topological polar surface area (TPSA) is 40.6 Å². The summed E-state index contributed by atoms with van der Waals surface area (Å²) in [5.74, 6) is 0. The number of hydrogen-bond acceptors (Lipinski definition) is 2. The first-order chi connectivity index (χ1) is 9.00. The Morgan fingerprint density at radius 1 is 1.05 bits per heavy atom. The van der Waals surface area contributed by atoms with Crippen molar-refractivity contribution in [3.63, 3.8) is 0 Å². The van der Waals surface area contributed by atoms with E-state index in [9.17, 15) is 8.42 Å². The average Bonchev–Trinajstić information content (AvgIpc) is 2.63. The number of hydrogen-bond donors (Lipinski definition) is 0. The van der Waals surface area contributed by atoms with Crippen LogP contribution in [0.25, 0.3) is 0 Å². The standard InChI is InChI=1S/C13H23ClN2O2S/c1-10-4-2-3-7-15(10)19(17,18)16-12-5-6-13(16)9-11(14)8-12/h10-13H,2-9H2,1H3. The molecule has 3 saturated heterocycles. The van der Waals surface area contributed by atoms with Gasteiger partial charge in [-0.15, -0.1) is 11.6 Å². The zero-order valence-corrected chi connectivity index (χ0v) is 13.0. The normalized spacial score (nSPS) is 41.6. The van der Waals surface area contributed by atoms with Crippen LogP contribution in [0, 0.1) is 0 Å². The van der Waals surface area contributed by atoms with Crippen LogP contribution in [0.4, 0.5) is 0 Å². The monoisotopic (exact) mass is 306 g/mol. The van der Waals surface area contributed by atoms with E-state index in [0.29, 0.717) is 6.54 Å². The number of alkyl halides is 1. The quantitative estimate of drug-likeness (QED) is 0.735. The maximum absolute atomic E-state index is 12.9. The van der Waals surface area contributed by atoms with Gasteiger partial charge in [-0.1, -0.05) is 6.42 Å². The van der Waals surface area contributed by atoms with Gasteiger partial charge in [0.05, 0.1) is 0 Å². The second-order valence-corrected chi connectivity index (χ2v) is 8.65. The molecule has 0 radical (unpaired) electrons. The van der Waals surface area contributed by atoms with Crippen molar-refractivity contribution in [2.45, 2.75) is 75.4 Å². The molecule has 3 aliphatic rings. The lowest BCUT2D eigenvalue weighted by Gasteiger charge is -2.42. The number of nitrogens with zero attached hydrogens (tertiary/aromatic N) is 2. The van der Waals surface area contributed by atoms with Crippen LogP contribution in [0.2, 0.25) is 0 Å². The lowest BCUT2D eigenvalue weighted by molar-refractivity contribution is 0.200. The van der Waals surface area contributed by atoms with Gasteiger partial charge in [0.1, 0.15) is 0 Å². The highest BCUT2D eigenvalue weighted by atomic mass is 35.5. The van der Waals surface area contributed by atoms with Crippen molar-refractivity contribution in [2.75, 3.05) is 6.54 Å². The minimum Gasteiger partial charge on any atom is -0.195 e. The van der Waals surface area contributed by atoms with E-state index in [1.165, 1.54) is 0 Å². The van der Waals surface area contributed by atoms with Gasteiger partial charge in [-0.2, -0.15) is 17.0 Å². The number of rotatable bonds is 2. The van der Waals surface area contributed by atoms with E-state index < -0.39 is 10.2 Å². The summed E-state index contributed by atoms with van der Waals surface area (Å²) in [6.45, 7) is 2.72. The summed E-state index contributed by atoms with van der Waals surface area (Å²) in [6.07, 6.45) is 6.72. The summed E-state index contributed by atoms with van der Waals surface area (Å²) in [7, 11) is -3.29. The molecule has 0 aromatic rings. The molecule has 3 fully saturated rings. The predicted molar refractivity (Wildman–Crippen MR) is 76.5 cm³/mol. The van der Waals surface area contributed by atoms with Gasteiger partial charge in [0.25, 0.3) is 10.2 Å². The van der Waals surface area contributed by atoms with Crippen LogP contribution in [0.3, 0.4) is 0 Å². The minimum absolute atomic E-state index is 0.139. The summed E-state index contributed by atoms with van der Waals surface area (Å²) < 4.78 is 29.4. The number of fused-ring (bicyclic) bond motifs is 2. The van der Waals surface area contributed by atoms with Gasteiger partial charge in [0.2, 0.25) is 0 Å². The average molecular weight is 307 g/mol. The molecule has 0 saturated carbocycles. The van der Waals surface area contributed by atoms with Crippen LogP contribution < -0.4 is 0 Å². The molecule has 0 spiro atoms. The lowest BCUT2D eigenvalue weighted by atomic mass is 10.1. The molecule has 6 heteroatoms. The van der Waals surface area contributed by atoms with E-state index in [2.05, 4.69) is 0 Å². The fourth-order valence-electron chi connectivity index (χ4n) is 3.98. The maximum atomic E-state index is 12.9. The van der Waals surface area contributed by atoms with E-state index >= 15 is 0 Å². The van der Waals surface area contributed by atoms with Crippen LogP contribution >= 0.6 is 11.6 Å². The van der Waals surface area contributed by atoms with Gasteiger partial charge < -0.3 is 0 Å². The van der Waals surface area contributed by atoms with E-state index in [-0.39, 0.29) is 23.5 Å². The van der Waals surface area contributed by atoms with Crippen molar-refractivity contribution in [3.05, 3.63) is 0 Å². The molecule has 3 aliphatic heterocycles. The van der Waals surface area contributed by atoms with Gasteiger partial charge in [-0.3, -0.25) is 0 Å². The van der Waals surface area contributed by atoms with Crippen LogP contribution in [0.1, 0.15) is 51.9 Å². The molecule has 3 atom stereocenters. The molecule has 19 heavy (non-hydrogen) atoms. The summed E-state index contributed by atoms with van der Waals surface area (Å²) in [5.41, 5.74) is 0. The smallest absolute Gasteiger partial charge is 0.195 e. The first-order valence-corrected chi connectivity index (χ1v) is 9.28. The Morgan fingerprint density at radius 3 is 2.26 bits per heavy atom. The molecule has 2 bridgehead atoms. The van der Waals surface area contributed by atoms with Gasteiger partial charge in [0, 0.05) is 30.0 Å². The highest BCUT2D eigenvalue weighted by Gasteiger charge is 2.49. The number of piperidine rings is 2. The highest BCUT2D eigenvalue weighted by Crippen LogP contribution is 2.41. The minimum atomic E-state index is -3.29. The Morgan fingerprint density at radius 2 is 1.68 bits per heavy atom. The van der Waals surface area contributed by atoms with E-state index in [1.54, 1.807) is 8.61 Å².